The summed E-state index contributed by atoms with van der Waals surface area (Å²) in [5.41, 5.74) is 0. The molecule has 8 heteroatoms. The fourth-order valence-corrected chi connectivity index (χ4v) is 1.47. The maximum atomic E-state index is 13.1. The molecule has 18 heavy (non-hydrogen) atoms. The molecule has 1 atom stereocenters. The van der Waals surface area contributed by atoms with E-state index in [9.17, 15) is 9.18 Å². The van der Waals surface area contributed by atoms with E-state index in [1.165, 1.54) is 6.92 Å². The molecular formula is C10H11Cl2FN2O3. The number of carbonyl (C=O) groups is 1. The van der Waals surface area contributed by atoms with Crippen LogP contribution >= 0.6 is 23.2 Å². The van der Waals surface area contributed by atoms with Gasteiger partial charge in [-0.05, 0) is 6.07 Å². The van der Waals surface area contributed by atoms with Crippen LogP contribution in [0.25, 0.3) is 0 Å². The monoisotopic (exact) mass is 296 g/mol. The fourth-order valence-electron chi connectivity index (χ4n) is 1.07. The van der Waals surface area contributed by atoms with Crippen LogP contribution in [0.15, 0.2) is 6.07 Å². The second-order valence-electron chi connectivity index (χ2n) is 3.41. The van der Waals surface area contributed by atoms with Crippen LogP contribution in [-0.4, -0.2) is 35.3 Å². The highest BCUT2D eigenvalue weighted by atomic mass is 35.5. The Bertz CT molecular complexity index is 445. The van der Waals surface area contributed by atoms with Crippen molar-refractivity contribution in [2.24, 2.45) is 0 Å². The predicted molar refractivity (Wildman–Crippen MR) is 64.4 cm³/mol. The first-order chi connectivity index (χ1) is 8.43. The Labute approximate surface area is 113 Å². The molecular weight excluding hydrogens is 286 g/mol. The number of hydrogen-bond acceptors (Lipinski definition) is 4. The maximum Gasteiger partial charge on any atom is 0.235 e. The number of rotatable bonds is 5. The first-order valence-electron chi connectivity index (χ1n) is 4.97. The van der Waals surface area contributed by atoms with Crippen molar-refractivity contribution in [3.05, 3.63) is 22.1 Å². The summed E-state index contributed by atoms with van der Waals surface area (Å²) in [4.78, 5) is 14.1. The molecule has 0 radical (unpaired) electrons. The number of pyridine rings is 1. The van der Waals surface area contributed by atoms with Crippen molar-refractivity contribution in [2.45, 2.75) is 13.0 Å². The normalized spacial score (nSPS) is 12.1. The number of carbonyl (C=O) groups excluding carboxylic acids is 1. The standard InChI is InChI=1S/C10H11Cl2FN2O3/c1-5(17)14-3-6(4-16)18-10-8(12)2-7(11)9(13)15-10/h2,6,16H,3-4H2,1H3,(H,14,17). The summed E-state index contributed by atoms with van der Waals surface area (Å²) in [5, 5.41) is 11.3. The fraction of sp³-hybridized carbons (Fsp3) is 0.400. The van der Waals surface area contributed by atoms with Crippen LogP contribution in [-0.2, 0) is 4.79 Å². The van der Waals surface area contributed by atoms with Gasteiger partial charge in [-0.3, -0.25) is 4.79 Å². The van der Waals surface area contributed by atoms with Crippen molar-refractivity contribution in [1.29, 1.82) is 0 Å². The van der Waals surface area contributed by atoms with Crippen molar-refractivity contribution < 1.29 is 19.0 Å². The van der Waals surface area contributed by atoms with E-state index < -0.39 is 12.1 Å². The van der Waals surface area contributed by atoms with Gasteiger partial charge in [0, 0.05) is 6.92 Å². The summed E-state index contributed by atoms with van der Waals surface area (Å²) in [6.45, 7) is 0.984. The number of aliphatic hydroxyl groups is 1. The molecule has 100 valence electrons. The Balaban J connectivity index is 2.75. The van der Waals surface area contributed by atoms with Crippen molar-refractivity contribution in [3.8, 4) is 5.88 Å². The van der Waals surface area contributed by atoms with Crippen molar-refractivity contribution in [3.63, 3.8) is 0 Å². The van der Waals surface area contributed by atoms with Crippen LogP contribution in [0.1, 0.15) is 6.92 Å². The molecule has 0 saturated carbocycles. The first kappa shape index (κ1) is 14.9. The van der Waals surface area contributed by atoms with E-state index in [1.807, 2.05) is 0 Å². The van der Waals surface area contributed by atoms with Gasteiger partial charge in [0.15, 0.2) is 0 Å². The van der Waals surface area contributed by atoms with E-state index in [2.05, 4.69) is 10.3 Å². The zero-order valence-corrected chi connectivity index (χ0v) is 10.9. The van der Waals surface area contributed by atoms with Gasteiger partial charge in [0.05, 0.1) is 18.2 Å². The van der Waals surface area contributed by atoms with Crippen LogP contribution in [0.4, 0.5) is 4.39 Å². The van der Waals surface area contributed by atoms with Crippen molar-refractivity contribution >= 4 is 29.1 Å². The lowest BCUT2D eigenvalue weighted by Crippen LogP contribution is -2.36. The molecule has 0 bridgehead atoms. The molecule has 0 fully saturated rings. The van der Waals surface area contributed by atoms with Crippen LogP contribution in [0.3, 0.4) is 0 Å². The van der Waals surface area contributed by atoms with Crippen LogP contribution in [0, 0.1) is 5.95 Å². The average Bonchev–Trinajstić information content (AvgIpc) is 2.30. The second-order valence-corrected chi connectivity index (χ2v) is 4.22. The zero-order chi connectivity index (χ0) is 13.7. The highest BCUT2D eigenvalue weighted by Crippen LogP contribution is 2.27. The minimum Gasteiger partial charge on any atom is -0.469 e. The molecule has 0 aromatic carbocycles. The summed E-state index contributed by atoms with van der Waals surface area (Å²) in [5.74, 6) is -1.39. The molecule has 1 unspecified atom stereocenters. The molecule has 2 N–H and O–H groups in total. The van der Waals surface area contributed by atoms with Gasteiger partial charge in [-0.2, -0.15) is 9.37 Å². The van der Waals surface area contributed by atoms with Crippen LogP contribution < -0.4 is 10.1 Å². The Hall–Kier alpha value is -1.11. The number of ether oxygens (including phenoxy) is 1. The topological polar surface area (TPSA) is 71.5 Å². The first-order valence-corrected chi connectivity index (χ1v) is 5.73. The van der Waals surface area contributed by atoms with E-state index in [0.29, 0.717) is 0 Å². The largest absolute Gasteiger partial charge is 0.469 e. The summed E-state index contributed by atoms with van der Waals surface area (Å²) >= 11 is 11.2. The number of hydrogen-bond donors (Lipinski definition) is 2. The number of nitrogens with one attached hydrogen (secondary N) is 1. The Kier molecular flexibility index (Phi) is 5.58. The van der Waals surface area contributed by atoms with Gasteiger partial charge < -0.3 is 15.2 Å². The number of amides is 1. The number of aliphatic hydroxyl groups excluding tert-OH is 1. The molecule has 1 amide bonds. The summed E-state index contributed by atoms with van der Waals surface area (Å²) < 4.78 is 18.3. The van der Waals surface area contributed by atoms with E-state index in [4.69, 9.17) is 33.0 Å². The van der Waals surface area contributed by atoms with Gasteiger partial charge in [0.1, 0.15) is 11.1 Å². The minimum absolute atomic E-state index is 0.0164. The Morgan fingerprint density at radius 3 is 2.83 bits per heavy atom. The minimum atomic E-state index is -0.924. The third-order valence-electron chi connectivity index (χ3n) is 1.92. The molecule has 0 aliphatic heterocycles. The summed E-state index contributed by atoms with van der Waals surface area (Å²) in [6.07, 6.45) is -0.778. The lowest BCUT2D eigenvalue weighted by Gasteiger charge is -2.17. The summed E-state index contributed by atoms with van der Waals surface area (Å²) in [7, 11) is 0. The summed E-state index contributed by atoms with van der Waals surface area (Å²) in [6, 6.07) is 1.15. The number of nitrogens with zero attached hydrogens (tertiary/aromatic N) is 1. The third-order valence-corrected chi connectivity index (χ3v) is 2.45. The third kappa shape index (κ3) is 4.29. The Morgan fingerprint density at radius 1 is 1.61 bits per heavy atom. The molecule has 1 aromatic heterocycles. The number of halogens is 3. The molecule has 1 aromatic rings. The van der Waals surface area contributed by atoms with Crippen molar-refractivity contribution in [2.75, 3.05) is 13.2 Å². The van der Waals surface area contributed by atoms with Crippen molar-refractivity contribution in [1.82, 2.24) is 10.3 Å². The van der Waals surface area contributed by atoms with Gasteiger partial charge in [0.2, 0.25) is 17.7 Å². The molecule has 0 spiro atoms. The van der Waals surface area contributed by atoms with Gasteiger partial charge in [-0.25, -0.2) is 0 Å². The van der Waals surface area contributed by atoms with Gasteiger partial charge >= 0.3 is 0 Å². The van der Waals surface area contributed by atoms with Gasteiger partial charge in [0.25, 0.3) is 0 Å². The van der Waals surface area contributed by atoms with E-state index in [0.717, 1.165) is 6.07 Å². The quantitative estimate of drug-likeness (QED) is 0.806. The van der Waals surface area contributed by atoms with Crippen LogP contribution in [0.2, 0.25) is 10.0 Å². The zero-order valence-electron chi connectivity index (χ0n) is 9.41. The number of aromatic nitrogens is 1. The second kappa shape index (κ2) is 6.72. The lowest BCUT2D eigenvalue weighted by molar-refractivity contribution is -0.119. The molecule has 1 heterocycles. The highest BCUT2D eigenvalue weighted by molar-refractivity contribution is 6.35. The smallest absolute Gasteiger partial charge is 0.235 e. The van der Waals surface area contributed by atoms with E-state index >= 15 is 0 Å². The Morgan fingerprint density at radius 2 is 2.28 bits per heavy atom. The molecule has 0 saturated heterocycles. The molecule has 5 nitrogen and oxygen atoms in total. The lowest BCUT2D eigenvalue weighted by atomic mass is 10.3. The average molecular weight is 297 g/mol. The SMILES string of the molecule is CC(=O)NCC(CO)Oc1nc(F)c(Cl)cc1Cl. The van der Waals surface area contributed by atoms with E-state index in [1.54, 1.807) is 0 Å². The maximum absolute atomic E-state index is 13.1. The van der Waals surface area contributed by atoms with Gasteiger partial charge in [-0.1, -0.05) is 23.2 Å². The highest BCUT2D eigenvalue weighted by Gasteiger charge is 2.16. The molecule has 0 aliphatic rings. The molecule has 1 rings (SSSR count). The van der Waals surface area contributed by atoms with Gasteiger partial charge in [-0.15, -0.1) is 0 Å². The molecule has 0 aliphatic carbocycles. The van der Waals surface area contributed by atoms with E-state index in [-0.39, 0.29) is 35.0 Å². The predicted octanol–water partition coefficient (Wildman–Crippen LogP) is 1.40. The van der Waals surface area contributed by atoms with Crippen LogP contribution in [0.5, 0.6) is 5.88 Å².